The molecular weight excluding hydrogens is 666 g/mol. The first-order valence-electron chi connectivity index (χ1n) is 12.1. The van der Waals surface area contributed by atoms with E-state index in [4.69, 9.17) is 23.2 Å². The van der Waals surface area contributed by atoms with Gasteiger partial charge in [0.1, 0.15) is 23.0 Å². The maximum atomic E-state index is 14.0. The van der Waals surface area contributed by atoms with E-state index >= 15 is 0 Å². The van der Waals surface area contributed by atoms with Crippen molar-refractivity contribution in [3.8, 4) is 0 Å². The highest BCUT2D eigenvalue weighted by Crippen LogP contribution is 2.61. The van der Waals surface area contributed by atoms with E-state index in [9.17, 15) is 64.1 Å². The number of carbonyl (C=O) groups is 3. The summed E-state index contributed by atoms with van der Waals surface area (Å²) in [7, 11) is 0. The zero-order valence-corrected chi connectivity index (χ0v) is 22.6. The number of halogens is 11. The second kappa shape index (κ2) is 9.82. The molecule has 44 heavy (non-hydrogen) atoms. The van der Waals surface area contributed by atoms with Crippen LogP contribution in [0.3, 0.4) is 0 Å². The summed E-state index contributed by atoms with van der Waals surface area (Å²) in [5.41, 5.74) is -11.0. The summed E-state index contributed by atoms with van der Waals surface area (Å²) in [6.07, 6.45) is -17.6. The first-order chi connectivity index (χ1) is 20.0. The minimum absolute atomic E-state index is 0.00320. The molecule has 0 aliphatic carbocycles. The van der Waals surface area contributed by atoms with Crippen LogP contribution in [-0.4, -0.2) is 62.2 Å². The smallest absolute Gasteiger partial charge is 0.433 e. The Labute approximate surface area is 248 Å². The average Bonchev–Trinajstić information content (AvgIpc) is 3.45. The number of fused-ring (bicyclic) bond motifs is 4. The molecule has 4 unspecified atom stereocenters. The van der Waals surface area contributed by atoms with Crippen molar-refractivity contribution >= 4 is 52.5 Å². The Balaban J connectivity index is 1.69. The summed E-state index contributed by atoms with van der Waals surface area (Å²) >= 11 is 12.2. The number of carboxylic acid groups (broad SMARTS) is 1. The number of aliphatic hydroxyl groups is 1. The van der Waals surface area contributed by atoms with Gasteiger partial charge in [0.05, 0.1) is 22.2 Å². The number of amides is 2. The molecule has 2 amide bonds. The van der Waals surface area contributed by atoms with Gasteiger partial charge in [-0.25, -0.2) is 4.98 Å². The molecule has 0 saturated carbocycles. The largest absolute Gasteiger partial charge is 0.481 e. The van der Waals surface area contributed by atoms with E-state index in [0.717, 1.165) is 12.1 Å². The van der Waals surface area contributed by atoms with Crippen molar-refractivity contribution in [3.05, 3.63) is 51.1 Å². The van der Waals surface area contributed by atoms with Crippen LogP contribution in [0.25, 0.3) is 0 Å². The Morgan fingerprint density at radius 1 is 1.02 bits per heavy atom. The number of alkyl halides is 9. The topological polar surface area (TPSA) is 132 Å². The van der Waals surface area contributed by atoms with Gasteiger partial charge in [-0.15, -0.1) is 0 Å². The molecule has 9 nitrogen and oxygen atoms in total. The minimum atomic E-state index is -5.45. The zero-order valence-electron chi connectivity index (χ0n) is 21.1. The highest BCUT2D eigenvalue weighted by Gasteiger charge is 2.76. The molecule has 238 valence electrons. The number of nitrogens with one attached hydrogen (secondary N) is 2. The summed E-state index contributed by atoms with van der Waals surface area (Å²) in [6.45, 7) is -1.45. The summed E-state index contributed by atoms with van der Waals surface area (Å²) in [5.74, 6) is -10.9. The van der Waals surface area contributed by atoms with Crippen molar-refractivity contribution in [3.63, 3.8) is 0 Å². The lowest BCUT2D eigenvalue weighted by atomic mass is 9.73. The van der Waals surface area contributed by atoms with E-state index in [1.165, 1.54) is 0 Å². The predicted molar refractivity (Wildman–Crippen MR) is 130 cm³/mol. The van der Waals surface area contributed by atoms with E-state index < -0.39 is 95.4 Å². The van der Waals surface area contributed by atoms with Crippen molar-refractivity contribution < 1.29 is 64.1 Å². The van der Waals surface area contributed by atoms with Gasteiger partial charge >= 0.3 is 24.5 Å². The molecule has 2 saturated heterocycles. The number of pyridine rings is 1. The van der Waals surface area contributed by atoms with Crippen LogP contribution in [0, 0.1) is 11.8 Å². The third-order valence-corrected chi connectivity index (χ3v) is 8.41. The van der Waals surface area contributed by atoms with E-state index in [2.05, 4.69) is 10.3 Å². The predicted octanol–water partition coefficient (Wildman–Crippen LogP) is 4.91. The van der Waals surface area contributed by atoms with Crippen molar-refractivity contribution in [2.45, 2.75) is 42.1 Å². The Morgan fingerprint density at radius 3 is 2.20 bits per heavy atom. The van der Waals surface area contributed by atoms with Crippen LogP contribution in [0.1, 0.15) is 23.2 Å². The lowest BCUT2D eigenvalue weighted by molar-refractivity contribution is -0.256. The Hall–Kier alpha value is -3.35. The van der Waals surface area contributed by atoms with E-state index in [0.29, 0.717) is 4.90 Å². The number of aromatic nitrogens is 1. The minimum Gasteiger partial charge on any atom is -0.481 e. The molecule has 0 radical (unpaired) electrons. The molecule has 20 heteroatoms. The monoisotopic (exact) mass is 680 g/mol. The van der Waals surface area contributed by atoms with Gasteiger partial charge in [0, 0.05) is 29.6 Å². The fourth-order valence-corrected chi connectivity index (χ4v) is 6.73. The first-order valence-corrected chi connectivity index (χ1v) is 12.8. The molecule has 4 heterocycles. The number of rotatable bonds is 3. The summed E-state index contributed by atoms with van der Waals surface area (Å²) in [5, 5.41) is 24.3. The SMILES string of the molecule is O=C(Nc1cc(C(F)(F)F)cc(C(F)(F)F)n1)C1C2C[C@@](O)(C(F)(F)F)CN2C2(C(=O)Nc3c(Cl)cc(Cl)cc32)C1C(=O)O. The number of nitrogens with zero attached hydrogens (tertiary/aromatic N) is 2. The lowest BCUT2D eigenvalue weighted by Gasteiger charge is -2.37. The fourth-order valence-electron chi connectivity index (χ4n) is 6.19. The molecule has 3 aliphatic heterocycles. The number of aliphatic carboxylic acids is 1. The lowest BCUT2D eigenvalue weighted by Crippen LogP contribution is -2.57. The quantitative estimate of drug-likeness (QED) is 0.339. The van der Waals surface area contributed by atoms with Crippen molar-refractivity contribution in [2.75, 3.05) is 17.2 Å². The van der Waals surface area contributed by atoms with Crippen molar-refractivity contribution in [1.29, 1.82) is 0 Å². The molecule has 5 atom stereocenters. The van der Waals surface area contributed by atoms with Crippen molar-refractivity contribution in [2.24, 2.45) is 11.8 Å². The first kappa shape index (κ1) is 32.1. The Bertz CT molecular complexity index is 1570. The van der Waals surface area contributed by atoms with Crippen LogP contribution in [0.15, 0.2) is 24.3 Å². The number of carboxylic acids is 1. The van der Waals surface area contributed by atoms with Crippen LogP contribution in [0.2, 0.25) is 10.0 Å². The van der Waals surface area contributed by atoms with E-state index in [1.807, 2.05) is 0 Å². The molecule has 2 aromatic rings. The summed E-state index contributed by atoms with van der Waals surface area (Å²) < 4.78 is 122. The van der Waals surface area contributed by atoms with Crippen molar-refractivity contribution in [1.82, 2.24) is 9.88 Å². The highest BCUT2D eigenvalue weighted by atomic mass is 35.5. The maximum Gasteiger partial charge on any atom is 0.433 e. The van der Waals surface area contributed by atoms with Crippen LogP contribution in [0.4, 0.5) is 51.0 Å². The number of anilines is 2. The van der Waals surface area contributed by atoms with Gasteiger partial charge in [0.25, 0.3) is 5.91 Å². The average molecular weight is 681 g/mol. The molecule has 1 aromatic carbocycles. The molecule has 1 aromatic heterocycles. The van der Waals surface area contributed by atoms with Gasteiger partial charge in [-0.05, 0) is 24.3 Å². The summed E-state index contributed by atoms with van der Waals surface area (Å²) in [6, 6.07) is -0.187. The zero-order chi connectivity index (χ0) is 32.9. The highest BCUT2D eigenvalue weighted by molar-refractivity contribution is 6.38. The van der Waals surface area contributed by atoms with Crippen LogP contribution >= 0.6 is 23.2 Å². The molecular formula is C24H15Cl2F9N4O5. The molecule has 0 bridgehead atoms. The summed E-state index contributed by atoms with van der Waals surface area (Å²) in [4.78, 5) is 43.5. The second-order valence-electron chi connectivity index (χ2n) is 10.4. The third kappa shape index (κ3) is 4.73. The number of carbonyl (C=O) groups excluding carboxylic acids is 2. The number of benzene rings is 1. The normalized spacial score (nSPS) is 28.6. The molecule has 5 rings (SSSR count). The van der Waals surface area contributed by atoms with Gasteiger partial charge < -0.3 is 20.8 Å². The van der Waals surface area contributed by atoms with Crippen LogP contribution in [-0.2, 0) is 32.3 Å². The number of hydrogen-bond acceptors (Lipinski definition) is 6. The van der Waals surface area contributed by atoms with Gasteiger partial charge in [-0.3, -0.25) is 19.3 Å². The van der Waals surface area contributed by atoms with Crippen LogP contribution < -0.4 is 10.6 Å². The molecule has 1 spiro atoms. The van der Waals surface area contributed by atoms with Gasteiger partial charge in [-0.1, -0.05) is 23.2 Å². The maximum absolute atomic E-state index is 14.0. The van der Waals surface area contributed by atoms with Crippen LogP contribution in [0.5, 0.6) is 0 Å². The Morgan fingerprint density at radius 2 is 1.66 bits per heavy atom. The van der Waals surface area contributed by atoms with E-state index in [-0.39, 0.29) is 33.4 Å². The fraction of sp³-hybridized carbons (Fsp3) is 0.417. The van der Waals surface area contributed by atoms with E-state index in [1.54, 1.807) is 5.32 Å². The standard InChI is InChI=1S/C24H15Cl2F9N4O5/c25-8-3-9-16(10(26)4-8)38-19(43)21(9)15(18(41)42)14(11-5-20(44,6-39(11)21)24(33,34)35)17(40)37-13-2-7(22(27,28)29)1-12(36-13)23(30,31)32/h1-4,11,14-15,44H,5-6H2,(H,38,43)(H,41,42)(H,36,37,40)/t11?,14?,15?,20-,21?/m0/s1. The second-order valence-corrected chi connectivity index (χ2v) is 11.3. The molecule has 4 N–H and O–H groups in total. The molecule has 2 fully saturated rings. The van der Waals surface area contributed by atoms with Gasteiger partial charge in [0.15, 0.2) is 5.60 Å². The molecule has 3 aliphatic rings. The third-order valence-electron chi connectivity index (χ3n) is 7.90. The van der Waals surface area contributed by atoms with Gasteiger partial charge in [-0.2, -0.15) is 39.5 Å². The Kier molecular flexibility index (Phi) is 7.16. The number of hydrogen-bond donors (Lipinski definition) is 4. The van der Waals surface area contributed by atoms with Gasteiger partial charge in [0.2, 0.25) is 5.91 Å².